The van der Waals surface area contributed by atoms with Crippen LogP contribution < -0.4 is 10.6 Å². The lowest BCUT2D eigenvalue weighted by atomic mass is 10.3. The normalized spacial score (nSPS) is 23.3. The van der Waals surface area contributed by atoms with Gasteiger partial charge in [0, 0.05) is 13.0 Å². The summed E-state index contributed by atoms with van der Waals surface area (Å²) in [7, 11) is 0. The molecule has 5 nitrogen and oxygen atoms in total. The molecule has 1 fully saturated rings. The van der Waals surface area contributed by atoms with Crippen molar-refractivity contribution in [3.63, 3.8) is 0 Å². The number of carbonyl (C=O) groups excluding carboxylic acids is 1. The van der Waals surface area contributed by atoms with E-state index >= 15 is 0 Å². The maximum Gasteiger partial charge on any atom is 0.313 e. The van der Waals surface area contributed by atoms with Crippen LogP contribution in [0.2, 0.25) is 0 Å². The van der Waals surface area contributed by atoms with Gasteiger partial charge in [-0.2, -0.15) is 0 Å². The molecule has 0 aliphatic carbocycles. The molecule has 3 N–H and O–H groups in total. The third-order valence-electron chi connectivity index (χ3n) is 1.35. The van der Waals surface area contributed by atoms with Gasteiger partial charge in [-0.15, -0.1) is 11.8 Å². The predicted octanol–water partition coefficient (Wildman–Crippen LogP) is -0.803. The third-order valence-corrected chi connectivity index (χ3v) is 2.38. The van der Waals surface area contributed by atoms with Gasteiger partial charge in [0.25, 0.3) is 0 Å². The highest BCUT2D eigenvalue weighted by molar-refractivity contribution is 8.00. The highest BCUT2D eigenvalue weighted by Crippen LogP contribution is 2.07. The van der Waals surface area contributed by atoms with Crippen LogP contribution in [0.1, 0.15) is 6.42 Å². The van der Waals surface area contributed by atoms with Crippen LogP contribution in [0.25, 0.3) is 0 Å². The number of hydrogen-bond donors (Lipinski definition) is 3. The maximum atomic E-state index is 10.8. The van der Waals surface area contributed by atoms with Crippen molar-refractivity contribution in [3.05, 3.63) is 0 Å². The van der Waals surface area contributed by atoms with Crippen LogP contribution in [0.15, 0.2) is 0 Å². The van der Waals surface area contributed by atoms with Crippen LogP contribution in [0.3, 0.4) is 0 Å². The molecule has 6 heteroatoms. The van der Waals surface area contributed by atoms with Crippen LogP contribution in [0, 0.1) is 0 Å². The van der Waals surface area contributed by atoms with Gasteiger partial charge in [-0.3, -0.25) is 14.9 Å². The Balaban J connectivity index is 2.23. The van der Waals surface area contributed by atoms with Crippen molar-refractivity contribution in [1.29, 1.82) is 0 Å². The van der Waals surface area contributed by atoms with Crippen molar-refractivity contribution >= 4 is 23.6 Å². The van der Waals surface area contributed by atoms with Gasteiger partial charge in [-0.05, 0) is 0 Å². The van der Waals surface area contributed by atoms with Crippen molar-refractivity contribution in [2.75, 3.05) is 12.3 Å². The lowest BCUT2D eigenvalue weighted by Gasteiger charge is -2.23. The SMILES string of the molecule is O=C(O)CSC1NCCC(=O)N1. The van der Waals surface area contributed by atoms with Crippen LogP contribution >= 0.6 is 11.8 Å². The number of carboxylic acid groups (broad SMARTS) is 1. The average Bonchev–Trinajstić information content (AvgIpc) is 2.01. The highest BCUT2D eigenvalue weighted by atomic mass is 32.2. The summed E-state index contributed by atoms with van der Waals surface area (Å²) in [6.45, 7) is 0.614. The Morgan fingerprint density at radius 1 is 1.75 bits per heavy atom. The summed E-state index contributed by atoms with van der Waals surface area (Å²) in [6, 6.07) is 0. The molecule has 0 radical (unpaired) electrons. The molecule has 1 atom stereocenters. The van der Waals surface area contributed by atoms with Crippen molar-refractivity contribution in [3.8, 4) is 0 Å². The Morgan fingerprint density at radius 3 is 3.08 bits per heavy atom. The fraction of sp³-hybridized carbons (Fsp3) is 0.667. The van der Waals surface area contributed by atoms with E-state index in [2.05, 4.69) is 10.6 Å². The zero-order valence-electron chi connectivity index (χ0n) is 6.37. The average molecular weight is 190 g/mol. The summed E-state index contributed by atoms with van der Waals surface area (Å²) in [5, 5.41) is 13.9. The Bertz CT molecular complexity index is 197. The summed E-state index contributed by atoms with van der Waals surface area (Å²) in [6.07, 6.45) is 0.462. The molecule has 1 unspecified atom stereocenters. The minimum atomic E-state index is -0.873. The van der Waals surface area contributed by atoms with E-state index in [0.717, 1.165) is 0 Å². The second-order valence-corrected chi connectivity index (χ2v) is 3.45. The smallest absolute Gasteiger partial charge is 0.313 e. The zero-order valence-corrected chi connectivity index (χ0v) is 7.19. The molecule has 1 aliphatic heterocycles. The second-order valence-electron chi connectivity index (χ2n) is 2.36. The van der Waals surface area contributed by atoms with Crippen molar-refractivity contribution in [1.82, 2.24) is 10.6 Å². The molecular formula is C6H10N2O3S. The van der Waals surface area contributed by atoms with Gasteiger partial charge in [-0.25, -0.2) is 0 Å². The fourth-order valence-electron chi connectivity index (χ4n) is 0.841. The number of hydrogen-bond acceptors (Lipinski definition) is 4. The van der Waals surface area contributed by atoms with Crippen molar-refractivity contribution in [2.24, 2.45) is 0 Å². The van der Waals surface area contributed by atoms with Crippen molar-refractivity contribution in [2.45, 2.75) is 11.9 Å². The van der Waals surface area contributed by atoms with E-state index in [4.69, 9.17) is 5.11 Å². The lowest BCUT2D eigenvalue weighted by molar-refractivity contribution is -0.134. The van der Waals surface area contributed by atoms with Gasteiger partial charge in [0.1, 0.15) is 5.50 Å². The predicted molar refractivity (Wildman–Crippen MR) is 44.6 cm³/mol. The highest BCUT2D eigenvalue weighted by Gasteiger charge is 2.17. The molecule has 0 saturated carbocycles. The molecule has 0 aromatic heterocycles. The van der Waals surface area contributed by atoms with Crippen LogP contribution in [-0.4, -0.2) is 34.8 Å². The van der Waals surface area contributed by atoms with Crippen LogP contribution in [0.5, 0.6) is 0 Å². The monoisotopic (exact) mass is 190 g/mol. The number of nitrogens with one attached hydrogen (secondary N) is 2. The van der Waals surface area contributed by atoms with E-state index in [-0.39, 0.29) is 17.2 Å². The van der Waals surface area contributed by atoms with Crippen molar-refractivity contribution < 1.29 is 14.7 Å². The standard InChI is InChI=1S/C6H10N2O3S/c9-4-1-2-7-6(8-4)12-3-5(10)11/h6-7H,1-3H2,(H,8,9)(H,10,11). The van der Waals surface area contributed by atoms with Gasteiger partial charge in [0.15, 0.2) is 0 Å². The molecule has 1 amide bonds. The Hall–Kier alpha value is -0.750. The second kappa shape index (κ2) is 4.32. The van der Waals surface area contributed by atoms with Gasteiger partial charge < -0.3 is 10.4 Å². The van der Waals surface area contributed by atoms with E-state index in [1.807, 2.05) is 0 Å². The molecule has 1 heterocycles. The summed E-state index contributed by atoms with van der Waals surface area (Å²) in [4.78, 5) is 21.0. The molecule has 1 saturated heterocycles. The molecule has 1 rings (SSSR count). The number of aliphatic carboxylic acids is 1. The molecule has 0 aromatic carbocycles. The van der Waals surface area contributed by atoms with Crippen LogP contribution in [0.4, 0.5) is 0 Å². The maximum absolute atomic E-state index is 10.8. The van der Waals surface area contributed by atoms with Gasteiger partial charge in [0.2, 0.25) is 5.91 Å². The third kappa shape index (κ3) is 3.10. The number of rotatable bonds is 3. The Kier molecular flexibility index (Phi) is 3.36. The number of thioether (sulfide) groups is 1. The summed E-state index contributed by atoms with van der Waals surface area (Å²) in [5.74, 6) is -0.906. The minimum absolute atomic E-state index is 0.00204. The van der Waals surface area contributed by atoms with Gasteiger partial charge in [0.05, 0.1) is 5.75 Å². The number of carboxylic acids is 1. The quantitative estimate of drug-likeness (QED) is 0.543. The fourth-order valence-corrected chi connectivity index (χ4v) is 1.60. The van der Waals surface area contributed by atoms with E-state index in [1.165, 1.54) is 11.8 Å². The first-order valence-corrected chi connectivity index (χ1v) is 4.59. The minimum Gasteiger partial charge on any atom is -0.481 e. The van der Waals surface area contributed by atoms with E-state index < -0.39 is 5.97 Å². The number of amides is 1. The summed E-state index contributed by atoms with van der Waals surface area (Å²) >= 11 is 1.17. The molecule has 0 spiro atoms. The summed E-state index contributed by atoms with van der Waals surface area (Å²) in [5.41, 5.74) is -0.248. The molecule has 1 aliphatic rings. The molecule has 68 valence electrons. The lowest BCUT2D eigenvalue weighted by Crippen LogP contribution is -2.49. The zero-order chi connectivity index (χ0) is 8.97. The first-order chi connectivity index (χ1) is 5.68. The Morgan fingerprint density at radius 2 is 2.50 bits per heavy atom. The van der Waals surface area contributed by atoms with Gasteiger partial charge >= 0.3 is 5.97 Å². The molecule has 0 bridgehead atoms. The van der Waals surface area contributed by atoms with E-state index in [1.54, 1.807) is 0 Å². The number of carbonyl (C=O) groups is 2. The first-order valence-electron chi connectivity index (χ1n) is 3.54. The topological polar surface area (TPSA) is 78.4 Å². The largest absolute Gasteiger partial charge is 0.481 e. The Labute approximate surface area is 73.9 Å². The molecule has 0 aromatic rings. The van der Waals surface area contributed by atoms with E-state index in [0.29, 0.717) is 13.0 Å². The molecular weight excluding hydrogens is 180 g/mol. The van der Waals surface area contributed by atoms with Crippen LogP contribution in [-0.2, 0) is 9.59 Å². The molecule has 12 heavy (non-hydrogen) atoms. The van der Waals surface area contributed by atoms with E-state index in [9.17, 15) is 9.59 Å². The first kappa shape index (κ1) is 9.34. The van der Waals surface area contributed by atoms with Gasteiger partial charge in [-0.1, -0.05) is 0 Å². The summed E-state index contributed by atoms with van der Waals surface area (Å²) < 4.78 is 0.